The first-order valence-electron chi connectivity index (χ1n) is 9.41. The molecule has 0 amide bonds. The van der Waals surface area contributed by atoms with Crippen LogP contribution in [0.1, 0.15) is 51.1 Å². The Bertz CT molecular complexity index is 760. The zero-order valence-corrected chi connectivity index (χ0v) is 18.2. The summed E-state index contributed by atoms with van der Waals surface area (Å²) in [7, 11) is 3.50. The van der Waals surface area contributed by atoms with E-state index in [1.54, 1.807) is 18.4 Å². The summed E-state index contributed by atoms with van der Waals surface area (Å²) in [5, 5.41) is 2.12. The molecule has 0 radical (unpaired) electrons. The van der Waals surface area contributed by atoms with Gasteiger partial charge in [-0.25, -0.2) is 0 Å². The summed E-state index contributed by atoms with van der Waals surface area (Å²) in [6, 6.07) is 10.8. The van der Waals surface area contributed by atoms with E-state index in [2.05, 4.69) is 70.1 Å². The summed E-state index contributed by atoms with van der Waals surface area (Å²) in [6.45, 7) is 11.3. The maximum absolute atomic E-state index is 6.21. The van der Waals surface area contributed by atoms with Crippen molar-refractivity contribution < 1.29 is 14.0 Å². The van der Waals surface area contributed by atoms with Crippen molar-refractivity contribution >= 4 is 23.9 Å². The Morgan fingerprint density at radius 2 is 1.81 bits per heavy atom. The molecule has 4 nitrogen and oxygen atoms in total. The monoisotopic (exact) mass is 387 g/mol. The predicted octanol–water partition coefficient (Wildman–Crippen LogP) is 4.25. The van der Waals surface area contributed by atoms with Gasteiger partial charge >= 0.3 is 7.12 Å². The molecule has 0 aliphatic carbocycles. The number of rotatable bonds is 6. The van der Waals surface area contributed by atoms with Crippen LogP contribution >= 0.6 is 11.3 Å². The second kappa shape index (κ2) is 7.59. The first-order chi connectivity index (χ1) is 12.6. The zero-order valence-electron chi connectivity index (χ0n) is 17.4. The molecule has 1 aromatic heterocycles. The van der Waals surface area contributed by atoms with Crippen molar-refractivity contribution in [2.75, 3.05) is 14.2 Å². The van der Waals surface area contributed by atoms with Crippen molar-refractivity contribution in [1.29, 1.82) is 0 Å². The fourth-order valence-corrected chi connectivity index (χ4v) is 4.05. The molecular formula is C21H30BNO3S. The second-order valence-corrected chi connectivity index (χ2v) is 9.25. The van der Waals surface area contributed by atoms with Crippen molar-refractivity contribution in [3.8, 4) is 5.75 Å². The number of nitrogens with zero attached hydrogens (tertiary/aromatic N) is 1. The molecule has 2 aromatic rings. The van der Waals surface area contributed by atoms with Gasteiger partial charge in [-0.15, -0.1) is 11.3 Å². The SMILES string of the molecule is COc1ccc(B2OC(C)(C)C(C)(C)O2)cc1CN(C)C(C)c1cccs1. The van der Waals surface area contributed by atoms with Crippen LogP contribution in [0.4, 0.5) is 0 Å². The third-order valence-corrected chi connectivity index (χ3v) is 6.91. The van der Waals surface area contributed by atoms with Gasteiger partial charge in [-0.2, -0.15) is 0 Å². The molecule has 0 N–H and O–H groups in total. The van der Waals surface area contributed by atoms with Crippen LogP contribution in [0, 0.1) is 0 Å². The van der Waals surface area contributed by atoms with Gasteiger partial charge in [-0.1, -0.05) is 18.2 Å². The van der Waals surface area contributed by atoms with Crippen LogP contribution in [0.15, 0.2) is 35.7 Å². The summed E-state index contributed by atoms with van der Waals surface area (Å²) in [6.07, 6.45) is 0. The predicted molar refractivity (Wildman–Crippen MR) is 113 cm³/mol. The van der Waals surface area contributed by atoms with Gasteiger partial charge in [0.25, 0.3) is 0 Å². The highest BCUT2D eigenvalue weighted by Crippen LogP contribution is 2.37. The lowest BCUT2D eigenvalue weighted by Crippen LogP contribution is -2.41. The van der Waals surface area contributed by atoms with E-state index in [1.807, 2.05) is 12.1 Å². The van der Waals surface area contributed by atoms with E-state index < -0.39 is 0 Å². The van der Waals surface area contributed by atoms with Crippen LogP contribution < -0.4 is 10.2 Å². The summed E-state index contributed by atoms with van der Waals surface area (Å²) < 4.78 is 18.0. The van der Waals surface area contributed by atoms with E-state index in [1.165, 1.54) is 4.88 Å². The van der Waals surface area contributed by atoms with Crippen molar-refractivity contribution in [1.82, 2.24) is 4.90 Å². The lowest BCUT2D eigenvalue weighted by Gasteiger charge is -2.32. The highest BCUT2D eigenvalue weighted by atomic mass is 32.1. The summed E-state index contributed by atoms with van der Waals surface area (Å²) in [5.41, 5.74) is 1.47. The minimum atomic E-state index is -0.361. The number of benzene rings is 1. The van der Waals surface area contributed by atoms with Crippen LogP contribution in [0.3, 0.4) is 0 Å². The Labute approximate surface area is 167 Å². The second-order valence-electron chi connectivity index (χ2n) is 8.27. The molecule has 27 heavy (non-hydrogen) atoms. The molecule has 1 atom stereocenters. The summed E-state index contributed by atoms with van der Waals surface area (Å²) in [4.78, 5) is 3.69. The highest BCUT2D eigenvalue weighted by molar-refractivity contribution is 7.10. The van der Waals surface area contributed by atoms with Crippen LogP contribution in [0.2, 0.25) is 0 Å². The van der Waals surface area contributed by atoms with Crippen molar-refractivity contribution in [3.63, 3.8) is 0 Å². The average Bonchev–Trinajstić information content (AvgIpc) is 3.20. The molecule has 0 bridgehead atoms. The number of ether oxygens (including phenoxy) is 1. The smallest absolute Gasteiger partial charge is 0.494 e. The van der Waals surface area contributed by atoms with Gasteiger partial charge in [0.15, 0.2) is 0 Å². The molecule has 3 rings (SSSR count). The van der Waals surface area contributed by atoms with Crippen molar-refractivity contribution in [2.45, 2.75) is 58.4 Å². The fourth-order valence-electron chi connectivity index (χ4n) is 3.20. The van der Waals surface area contributed by atoms with Gasteiger partial charge in [-0.05, 0) is 64.6 Å². The van der Waals surface area contributed by atoms with Gasteiger partial charge in [0.1, 0.15) is 5.75 Å². The minimum Gasteiger partial charge on any atom is -0.496 e. The third-order valence-electron chi connectivity index (χ3n) is 5.87. The first-order valence-corrected chi connectivity index (χ1v) is 10.3. The Balaban J connectivity index is 1.82. The number of thiophene rings is 1. The Morgan fingerprint density at radius 1 is 1.15 bits per heavy atom. The Morgan fingerprint density at radius 3 is 2.37 bits per heavy atom. The molecular weight excluding hydrogens is 357 g/mol. The average molecular weight is 387 g/mol. The molecule has 6 heteroatoms. The number of hydrogen-bond acceptors (Lipinski definition) is 5. The largest absolute Gasteiger partial charge is 0.496 e. The highest BCUT2D eigenvalue weighted by Gasteiger charge is 2.51. The van der Waals surface area contributed by atoms with Gasteiger partial charge in [0.05, 0.1) is 18.3 Å². The lowest BCUT2D eigenvalue weighted by molar-refractivity contribution is 0.00578. The van der Waals surface area contributed by atoms with Crippen LogP contribution in [0.5, 0.6) is 5.75 Å². The molecule has 0 saturated carbocycles. The molecule has 1 fully saturated rings. The van der Waals surface area contributed by atoms with Crippen LogP contribution in [-0.2, 0) is 15.9 Å². The molecule has 2 heterocycles. The van der Waals surface area contributed by atoms with E-state index in [4.69, 9.17) is 14.0 Å². The van der Waals surface area contributed by atoms with E-state index >= 15 is 0 Å². The molecule has 1 aromatic carbocycles. The maximum Gasteiger partial charge on any atom is 0.494 e. The van der Waals surface area contributed by atoms with Crippen molar-refractivity contribution in [3.05, 3.63) is 46.2 Å². The topological polar surface area (TPSA) is 30.9 Å². The Hall–Kier alpha value is -1.34. The molecule has 1 aliphatic heterocycles. The first kappa shape index (κ1) is 20.4. The molecule has 0 spiro atoms. The normalized spacial score (nSPS) is 19.5. The molecule has 146 valence electrons. The molecule has 1 unspecified atom stereocenters. The van der Waals surface area contributed by atoms with E-state index in [0.717, 1.165) is 23.3 Å². The van der Waals surface area contributed by atoms with E-state index in [0.29, 0.717) is 6.04 Å². The minimum absolute atomic E-state index is 0.343. The summed E-state index contributed by atoms with van der Waals surface area (Å²) in [5.74, 6) is 0.889. The standard InChI is InChI=1S/C21H30BNO3S/c1-15(19-9-8-12-27-19)23(6)14-16-13-17(10-11-18(16)24-7)22-25-20(2,3)21(4,5)26-22/h8-13,15H,14H2,1-7H3. The van der Waals surface area contributed by atoms with Crippen LogP contribution in [-0.4, -0.2) is 37.4 Å². The van der Waals surface area contributed by atoms with Gasteiger partial charge in [0, 0.05) is 23.0 Å². The quantitative estimate of drug-likeness (QED) is 0.694. The van der Waals surface area contributed by atoms with Crippen LogP contribution in [0.25, 0.3) is 0 Å². The molecule has 1 aliphatic rings. The number of hydrogen-bond donors (Lipinski definition) is 0. The Kier molecular flexibility index (Phi) is 5.73. The van der Waals surface area contributed by atoms with Gasteiger partial charge < -0.3 is 14.0 Å². The molecule has 1 saturated heterocycles. The lowest BCUT2D eigenvalue weighted by atomic mass is 9.78. The van der Waals surface area contributed by atoms with Crippen molar-refractivity contribution in [2.24, 2.45) is 0 Å². The maximum atomic E-state index is 6.21. The van der Waals surface area contributed by atoms with Gasteiger partial charge in [-0.3, -0.25) is 4.90 Å². The third kappa shape index (κ3) is 4.09. The van der Waals surface area contributed by atoms with E-state index in [-0.39, 0.29) is 18.3 Å². The number of methoxy groups -OCH3 is 1. The van der Waals surface area contributed by atoms with E-state index in [9.17, 15) is 0 Å². The summed E-state index contributed by atoms with van der Waals surface area (Å²) >= 11 is 1.79. The zero-order chi connectivity index (χ0) is 19.8. The van der Waals surface area contributed by atoms with Gasteiger partial charge in [0.2, 0.25) is 0 Å². The fraction of sp³-hybridized carbons (Fsp3) is 0.524.